The van der Waals surface area contributed by atoms with Crippen LogP contribution in [-0.2, 0) is 9.31 Å². The highest BCUT2D eigenvalue weighted by Gasteiger charge is 2.29. The van der Waals surface area contributed by atoms with Gasteiger partial charge in [-0.05, 0) is 18.7 Å². The minimum absolute atomic E-state index is 0.0251. The molecule has 1 fully saturated rings. The Balaban J connectivity index is 2.12. The van der Waals surface area contributed by atoms with Crippen LogP contribution in [0.3, 0.4) is 0 Å². The molecule has 0 saturated carbocycles. The highest BCUT2D eigenvalue weighted by atomic mass is 16.6. The van der Waals surface area contributed by atoms with E-state index in [9.17, 15) is 0 Å². The number of rotatable bonds is 5. The Morgan fingerprint density at radius 1 is 1.46 bits per heavy atom. The smallest absolute Gasteiger partial charge is 0.409 e. The lowest BCUT2D eigenvalue weighted by Crippen LogP contribution is -2.19. The summed E-state index contributed by atoms with van der Waals surface area (Å²) in [4.78, 5) is 0. The first-order valence-corrected chi connectivity index (χ1v) is 4.85. The fourth-order valence-corrected chi connectivity index (χ4v) is 1.39. The molecule has 0 aliphatic carbocycles. The first-order valence-electron chi connectivity index (χ1n) is 4.85. The van der Waals surface area contributed by atoms with Crippen molar-refractivity contribution in [1.29, 1.82) is 0 Å². The predicted octanol–water partition coefficient (Wildman–Crippen LogP) is 2.43. The van der Waals surface area contributed by atoms with Gasteiger partial charge in [-0.1, -0.05) is 31.7 Å². The van der Waals surface area contributed by atoms with E-state index in [0.717, 1.165) is 26.1 Å². The predicted molar refractivity (Wildman–Crippen MR) is 55.7 cm³/mol. The molecule has 0 aromatic heterocycles. The first kappa shape index (κ1) is 10.5. The van der Waals surface area contributed by atoms with Crippen molar-refractivity contribution < 1.29 is 9.31 Å². The van der Waals surface area contributed by atoms with E-state index in [1.54, 1.807) is 6.08 Å². The van der Waals surface area contributed by atoms with E-state index < -0.39 is 0 Å². The van der Waals surface area contributed by atoms with Gasteiger partial charge in [0.15, 0.2) is 0 Å². The molecule has 1 atom stereocenters. The van der Waals surface area contributed by atoms with Crippen LogP contribution in [0.15, 0.2) is 24.8 Å². The van der Waals surface area contributed by atoms with Crippen molar-refractivity contribution in [3.63, 3.8) is 0 Å². The van der Waals surface area contributed by atoms with Crippen LogP contribution in [0.5, 0.6) is 0 Å². The van der Waals surface area contributed by atoms with Crippen LogP contribution in [-0.4, -0.2) is 20.3 Å². The third-order valence-electron chi connectivity index (χ3n) is 2.17. The minimum Gasteiger partial charge on any atom is -0.409 e. The van der Waals surface area contributed by atoms with Gasteiger partial charge in [0.2, 0.25) is 0 Å². The van der Waals surface area contributed by atoms with Crippen LogP contribution < -0.4 is 0 Å². The van der Waals surface area contributed by atoms with Crippen molar-refractivity contribution in [1.82, 2.24) is 0 Å². The highest BCUT2D eigenvalue weighted by molar-refractivity contribution is 6.46. The molecule has 1 unspecified atom stereocenters. The van der Waals surface area contributed by atoms with Crippen LogP contribution >= 0.6 is 0 Å². The molecular formula is C10H17BO2. The van der Waals surface area contributed by atoms with Gasteiger partial charge in [-0.15, -0.1) is 0 Å². The maximum atomic E-state index is 5.41. The molecule has 0 bridgehead atoms. The van der Waals surface area contributed by atoms with Gasteiger partial charge in [0, 0.05) is 0 Å². The average molecular weight is 180 g/mol. The zero-order valence-corrected chi connectivity index (χ0v) is 8.24. The summed E-state index contributed by atoms with van der Waals surface area (Å²) in [7, 11) is 0.0251. The van der Waals surface area contributed by atoms with E-state index in [2.05, 4.69) is 19.6 Å². The molecule has 13 heavy (non-hydrogen) atoms. The monoisotopic (exact) mass is 180 g/mol. The molecule has 3 heteroatoms. The summed E-state index contributed by atoms with van der Waals surface area (Å²) in [5.41, 5.74) is 0. The fourth-order valence-electron chi connectivity index (χ4n) is 1.39. The minimum atomic E-state index is 0.0251. The van der Waals surface area contributed by atoms with Gasteiger partial charge in [0.25, 0.3) is 0 Å². The fraction of sp³-hybridized carbons (Fsp3) is 0.600. The van der Waals surface area contributed by atoms with Crippen molar-refractivity contribution in [2.24, 2.45) is 0 Å². The first-order chi connectivity index (χ1) is 6.34. The van der Waals surface area contributed by atoms with Crippen LogP contribution in [0.25, 0.3) is 0 Å². The van der Waals surface area contributed by atoms with Gasteiger partial charge in [-0.2, -0.15) is 0 Å². The molecule has 1 aliphatic rings. The van der Waals surface area contributed by atoms with Gasteiger partial charge in [-0.25, -0.2) is 0 Å². The summed E-state index contributed by atoms with van der Waals surface area (Å²) >= 11 is 0. The summed E-state index contributed by atoms with van der Waals surface area (Å²) in [5, 5.41) is 0. The van der Waals surface area contributed by atoms with Gasteiger partial charge in [0.05, 0.1) is 13.2 Å². The number of hydrogen-bond acceptors (Lipinski definition) is 2. The van der Waals surface area contributed by atoms with Crippen LogP contribution in [0.2, 0.25) is 5.82 Å². The molecule has 72 valence electrons. The van der Waals surface area contributed by atoms with Gasteiger partial charge >= 0.3 is 7.12 Å². The van der Waals surface area contributed by atoms with Crippen molar-refractivity contribution in [2.45, 2.75) is 25.6 Å². The third-order valence-corrected chi connectivity index (χ3v) is 2.17. The third kappa shape index (κ3) is 3.79. The molecule has 1 saturated heterocycles. The summed E-state index contributed by atoms with van der Waals surface area (Å²) in [6.07, 6.45) is 8.07. The number of allylic oxidation sites excluding steroid dienone is 3. The maximum absolute atomic E-state index is 5.41. The zero-order chi connectivity index (χ0) is 9.52. The second kappa shape index (κ2) is 6.00. The van der Waals surface area contributed by atoms with E-state index in [4.69, 9.17) is 9.31 Å². The molecule has 1 heterocycles. The maximum Gasteiger partial charge on any atom is 0.460 e. The zero-order valence-electron chi connectivity index (χ0n) is 8.24. The van der Waals surface area contributed by atoms with Gasteiger partial charge in [-0.3, -0.25) is 0 Å². The molecule has 2 nitrogen and oxygen atoms in total. The molecule has 0 spiro atoms. The standard InChI is InChI=1S/C10H17BO2/c1-3-4-5-6-7-10(2)11-12-8-9-13-11/h3-5,10H,1,6-9H2,2H3. The van der Waals surface area contributed by atoms with Crippen LogP contribution in [0.4, 0.5) is 0 Å². The summed E-state index contributed by atoms with van der Waals surface area (Å²) in [5.74, 6) is 0.483. The number of hydrogen-bond donors (Lipinski definition) is 0. The van der Waals surface area contributed by atoms with E-state index in [0.29, 0.717) is 5.82 Å². The highest BCUT2D eigenvalue weighted by Crippen LogP contribution is 2.21. The summed E-state index contributed by atoms with van der Waals surface area (Å²) < 4.78 is 10.8. The molecule has 0 aromatic carbocycles. The Bertz CT molecular complexity index is 174. The summed E-state index contributed by atoms with van der Waals surface area (Å²) in [6.45, 7) is 7.28. The Hall–Kier alpha value is -0.535. The topological polar surface area (TPSA) is 18.5 Å². The van der Waals surface area contributed by atoms with Gasteiger partial charge in [0.1, 0.15) is 0 Å². The Kier molecular flexibility index (Phi) is 4.87. The van der Waals surface area contributed by atoms with E-state index >= 15 is 0 Å². The normalized spacial score (nSPS) is 19.6. The lowest BCUT2D eigenvalue weighted by atomic mass is 9.71. The Labute approximate surface area is 80.8 Å². The molecule has 0 N–H and O–H groups in total. The molecule has 0 amide bonds. The van der Waals surface area contributed by atoms with Crippen molar-refractivity contribution in [2.75, 3.05) is 13.2 Å². The molecular weight excluding hydrogens is 163 g/mol. The second-order valence-electron chi connectivity index (χ2n) is 3.33. The molecule has 0 radical (unpaired) electrons. The molecule has 0 aromatic rings. The Morgan fingerprint density at radius 2 is 2.15 bits per heavy atom. The lowest BCUT2D eigenvalue weighted by Gasteiger charge is -2.11. The lowest BCUT2D eigenvalue weighted by molar-refractivity contribution is 0.356. The van der Waals surface area contributed by atoms with Crippen molar-refractivity contribution in [3.05, 3.63) is 24.8 Å². The SMILES string of the molecule is C=CC=CCCC(C)B1OCCO1. The summed E-state index contributed by atoms with van der Waals surface area (Å²) in [6, 6.07) is 0. The molecule has 1 rings (SSSR count). The Morgan fingerprint density at radius 3 is 2.77 bits per heavy atom. The average Bonchev–Trinajstić information content (AvgIpc) is 2.65. The van der Waals surface area contributed by atoms with E-state index in [-0.39, 0.29) is 7.12 Å². The van der Waals surface area contributed by atoms with Crippen LogP contribution in [0.1, 0.15) is 19.8 Å². The quantitative estimate of drug-likeness (QED) is 0.477. The largest absolute Gasteiger partial charge is 0.460 e. The van der Waals surface area contributed by atoms with E-state index in [1.165, 1.54) is 0 Å². The van der Waals surface area contributed by atoms with Crippen molar-refractivity contribution >= 4 is 7.12 Å². The van der Waals surface area contributed by atoms with Gasteiger partial charge < -0.3 is 9.31 Å². The second-order valence-corrected chi connectivity index (χ2v) is 3.33. The van der Waals surface area contributed by atoms with Crippen molar-refractivity contribution in [3.8, 4) is 0 Å². The molecule has 1 aliphatic heterocycles. The van der Waals surface area contributed by atoms with Crippen LogP contribution in [0, 0.1) is 0 Å². The van der Waals surface area contributed by atoms with E-state index in [1.807, 2.05) is 6.08 Å².